The van der Waals surface area contributed by atoms with Crippen molar-refractivity contribution in [3.63, 3.8) is 0 Å². The van der Waals surface area contributed by atoms with Gasteiger partial charge in [0.1, 0.15) is 12.4 Å². The van der Waals surface area contributed by atoms with Crippen LogP contribution in [0.4, 0.5) is 5.69 Å². The van der Waals surface area contributed by atoms with E-state index in [-0.39, 0.29) is 30.2 Å². The van der Waals surface area contributed by atoms with Gasteiger partial charge in [0.05, 0.1) is 17.2 Å². The quantitative estimate of drug-likeness (QED) is 0.177. The first kappa shape index (κ1) is 26.7. The molecule has 0 radical (unpaired) electrons. The van der Waals surface area contributed by atoms with Crippen molar-refractivity contribution < 1.29 is 19.4 Å². The second kappa shape index (κ2) is 12.7. The van der Waals surface area contributed by atoms with E-state index in [0.29, 0.717) is 30.0 Å². The molecule has 0 saturated carbocycles. The minimum absolute atomic E-state index is 0.0172. The SMILES string of the molecule is CC(C)CC(C(=O)Nc1cc(Cc2ccccc2COC(=O)c2ccccc2)ccc1O)c1ccccc1. The van der Waals surface area contributed by atoms with Crippen LogP contribution in [0.25, 0.3) is 0 Å². The topological polar surface area (TPSA) is 75.6 Å². The summed E-state index contributed by atoms with van der Waals surface area (Å²) in [4.78, 5) is 25.7. The van der Waals surface area contributed by atoms with Gasteiger partial charge in [-0.2, -0.15) is 0 Å². The second-order valence-electron chi connectivity index (χ2n) is 9.82. The predicted octanol–water partition coefficient (Wildman–Crippen LogP) is 7.11. The molecule has 4 aromatic rings. The molecule has 1 amide bonds. The highest BCUT2D eigenvalue weighted by atomic mass is 16.5. The lowest BCUT2D eigenvalue weighted by Gasteiger charge is -2.20. The molecule has 2 N–H and O–H groups in total. The van der Waals surface area contributed by atoms with Gasteiger partial charge in [-0.25, -0.2) is 4.79 Å². The van der Waals surface area contributed by atoms with E-state index in [9.17, 15) is 14.7 Å². The maximum Gasteiger partial charge on any atom is 0.338 e. The molecule has 38 heavy (non-hydrogen) atoms. The molecular formula is C33H33NO4. The number of ether oxygens (including phenoxy) is 1. The largest absolute Gasteiger partial charge is 0.506 e. The van der Waals surface area contributed by atoms with Gasteiger partial charge in [0, 0.05) is 0 Å². The highest BCUT2D eigenvalue weighted by Gasteiger charge is 2.23. The molecule has 0 bridgehead atoms. The third-order valence-electron chi connectivity index (χ3n) is 6.43. The van der Waals surface area contributed by atoms with Crippen molar-refractivity contribution in [1.29, 1.82) is 0 Å². The van der Waals surface area contributed by atoms with Crippen LogP contribution >= 0.6 is 0 Å². The highest BCUT2D eigenvalue weighted by molar-refractivity contribution is 5.97. The number of rotatable bonds is 10. The Morgan fingerprint density at radius 3 is 2.13 bits per heavy atom. The highest BCUT2D eigenvalue weighted by Crippen LogP contribution is 2.30. The molecule has 0 saturated heterocycles. The van der Waals surface area contributed by atoms with E-state index in [0.717, 1.165) is 22.3 Å². The molecule has 0 aliphatic carbocycles. The molecule has 1 unspecified atom stereocenters. The molecule has 5 heteroatoms. The lowest BCUT2D eigenvalue weighted by atomic mass is 9.89. The fourth-order valence-electron chi connectivity index (χ4n) is 4.46. The van der Waals surface area contributed by atoms with Crippen molar-refractivity contribution in [2.75, 3.05) is 5.32 Å². The summed E-state index contributed by atoms with van der Waals surface area (Å²) in [6.45, 7) is 4.34. The number of amides is 1. The summed E-state index contributed by atoms with van der Waals surface area (Å²) in [5, 5.41) is 13.5. The third-order valence-corrected chi connectivity index (χ3v) is 6.43. The number of phenols is 1. The third kappa shape index (κ3) is 7.10. The zero-order chi connectivity index (χ0) is 26.9. The van der Waals surface area contributed by atoms with Gasteiger partial charge < -0.3 is 15.2 Å². The number of hydrogen-bond acceptors (Lipinski definition) is 4. The van der Waals surface area contributed by atoms with Crippen LogP contribution in [0.1, 0.15) is 58.8 Å². The second-order valence-corrected chi connectivity index (χ2v) is 9.82. The molecule has 5 nitrogen and oxygen atoms in total. The Hall–Kier alpha value is -4.38. The van der Waals surface area contributed by atoms with E-state index in [1.54, 1.807) is 36.4 Å². The van der Waals surface area contributed by atoms with Crippen molar-refractivity contribution in [2.24, 2.45) is 5.92 Å². The summed E-state index contributed by atoms with van der Waals surface area (Å²) in [6.07, 6.45) is 1.25. The Bertz CT molecular complexity index is 1370. The van der Waals surface area contributed by atoms with E-state index < -0.39 is 0 Å². The average molecular weight is 508 g/mol. The first-order chi connectivity index (χ1) is 18.4. The molecule has 0 fully saturated rings. The number of carbonyl (C=O) groups excluding carboxylic acids is 2. The first-order valence-electron chi connectivity index (χ1n) is 12.9. The van der Waals surface area contributed by atoms with Gasteiger partial charge in [0.2, 0.25) is 5.91 Å². The lowest BCUT2D eigenvalue weighted by molar-refractivity contribution is -0.118. The van der Waals surface area contributed by atoms with E-state index in [4.69, 9.17) is 4.74 Å². The van der Waals surface area contributed by atoms with Gasteiger partial charge in [-0.1, -0.05) is 92.7 Å². The number of benzene rings is 4. The molecule has 0 aromatic heterocycles. The van der Waals surface area contributed by atoms with Crippen LogP contribution in [0.15, 0.2) is 103 Å². The van der Waals surface area contributed by atoms with Crippen LogP contribution in [0, 0.1) is 5.92 Å². The Morgan fingerprint density at radius 1 is 0.816 bits per heavy atom. The summed E-state index contributed by atoms with van der Waals surface area (Å²) in [7, 11) is 0. The Morgan fingerprint density at radius 2 is 1.45 bits per heavy atom. The molecule has 0 aliphatic heterocycles. The van der Waals surface area contributed by atoms with E-state index >= 15 is 0 Å². The number of phenolic OH excluding ortho intramolecular Hbond substituents is 1. The predicted molar refractivity (Wildman–Crippen MR) is 150 cm³/mol. The van der Waals surface area contributed by atoms with Crippen LogP contribution in [0.3, 0.4) is 0 Å². The monoisotopic (exact) mass is 507 g/mol. The first-order valence-corrected chi connectivity index (χ1v) is 12.9. The molecular weight excluding hydrogens is 474 g/mol. The van der Waals surface area contributed by atoms with E-state index in [1.807, 2.05) is 66.7 Å². The maximum atomic E-state index is 13.3. The number of anilines is 1. The molecule has 4 aromatic carbocycles. The van der Waals surface area contributed by atoms with Crippen molar-refractivity contribution in [3.8, 4) is 5.75 Å². The molecule has 4 rings (SSSR count). The average Bonchev–Trinajstić information content (AvgIpc) is 2.93. The Kier molecular flexibility index (Phi) is 8.94. The molecule has 0 aliphatic rings. The van der Waals surface area contributed by atoms with Gasteiger partial charge in [-0.05, 0) is 65.3 Å². The van der Waals surface area contributed by atoms with Crippen molar-refractivity contribution >= 4 is 17.6 Å². The Labute approximate surface area is 224 Å². The fraction of sp³-hybridized carbons (Fsp3) is 0.212. The molecule has 0 spiro atoms. The lowest BCUT2D eigenvalue weighted by Crippen LogP contribution is -2.22. The van der Waals surface area contributed by atoms with Crippen molar-refractivity contribution in [2.45, 2.75) is 39.2 Å². The van der Waals surface area contributed by atoms with Crippen LogP contribution in [0.2, 0.25) is 0 Å². The van der Waals surface area contributed by atoms with Gasteiger partial charge in [0.15, 0.2) is 0 Å². The van der Waals surface area contributed by atoms with Gasteiger partial charge in [-0.15, -0.1) is 0 Å². The zero-order valence-corrected chi connectivity index (χ0v) is 21.8. The smallest absolute Gasteiger partial charge is 0.338 e. The van der Waals surface area contributed by atoms with Crippen molar-refractivity contribution in [3.05, 3.63) is 131 Å². The Balaban J connectivity index is 1.49. The summed E-state index contributed by atoms with van der Waals surface area (Å²) >= 11 is 0. The molecule has 1 atom stereocenters. The summed E-state index contributed by atoms with van der Waals surface area (Å²) in [5.41, 5.74) is 4.66. The zero-order valence-electron chi connectivity index (χ0n) is 21.8. The van der Waals surface area contributed by atoms with Crippen molar-refractivity contribution in [1.82, 2.24) is 0 Å². The van der Waals surface area contributed by atoms with E-state index in [1.165, 1.54) is 0 Å². The minimum atomic E-state index is -0.371. The van der Waals surface area contributed by atoms with Crippen LogP contribution in [0.5, 0.6) is 5.75 Å². The van der Waals surface area contributed by atoms with E-state index in [2.05, 4.69) is 19.2 Å². The number of nitrogens with one attached hydrogen (secondary N) is 1. The van der Waals surface area contributed by atoms with Gasteiger partial charge >= 0.3 is 5.97 Å². The minimum Gasteiger partial charge on any atom is -0.506 e. The summed E-state index contributed by atoms with van der Waals surface area (Å²) in [5.74, 6) is -0.490. The standard InChI is InChI=1S/C33H33NO4/c1-23(2)19-29(25-11-5-3-6-12-25)32(36)34-30-21-24(17-18-31(30)35)20-27-15-9-10-16-28(27)22-38-33(37)26-13-7-4-8-14-26/h3-18,21,23,29,35H,19-20,22H2,1-2H3,(H,34,36). The number of hydrogen-bond donors (Lipinski definition) is 2. The molecule has 194 valence electrons. The molecule has 0 heterocycles. The number of esters is 1. The number of aromatic hydroxyl groups is 1. The number of carbonyl (C=O) groups is 2. The van der Waals surface area contributed by atoms with Gasteiger partial charge in [-0.3, -0.25) is 4.79 Å². The summed E-state index contributed by atoms with van der Waals surface area (Å²) in [6, 6.07) is 31.7. The van der Waals surface area contributed by atoms with Crippen LogP contribution in [-0.2, 0) is 22.6 Å². The van der Waals surface area contributed by atoms with Gasteiger partial charge in [0.25, 0.3) is 0 Å². The van der Waals surface area contributed by atoms with Crippen LogP contribution in [-0.4, -0.2) is 17.0 Å². The van der Waals surface area contributed by atoms with Crippen LogP contribution < -0.4 is 5.32 Å². The maximum absolute atomic E-state index is 13.3. The summed E-state index contributed by atoms with van der Waals surface area (Å²) < 4.78 is 5.55. The fourth-order valence-corrected chi connectivity index (χ4v) is 4.46. The normalized spacial score (nSPS) is 11.7.